The molecule has 1 heterocycles. The average Bonchev–Trinajstić information content (AvgIpc) is 3.02. The quantitative estimate of drug-likeness (QED) is 0.568. The van der Waals surface area contributed by atoms with Gasteiger partial charge in [0.25, 0.3) is 11.1 Å². The second kappa shape index (κ2) is 10.4. The van der Waals surface area contributed by atoms with E-state index < -0.39 is 0 Å². The number of anilines is 1. The Balaban J connectivity index is 0.000000237. The number of amides is 2. The second-order valence-corrected chi connectivity index (χ2v) is 6.92. The molecular formula is C22H24N2O3S. The summed E-state index contributed by atoms with van der Waals surface area (Å²) in [6, 6.07) is 13.6. The molecular weight excluding hydrogens is 372 g/mol. The minimum absolute atomic E-state index is 0.345. The van der Waals surface area contributed by atoms with Crippen LogP contribution in [0.15, 0.2) is 53.4 Å². The molecule has 0 unspecified atom stereocenters. The number of methoxy groups -OCH3 is 1. The van der Waals surface area contributed by atoms with Crippen LogP contribution in [0.5, 0.6) is 5.75 Å². The third-order valence-corrected chi connectivity index (χ3v) is 4.81. The normalized spacial score (nSPS) is 14.8. The van der Waals surface area contributed by atoms with E-state index in [4.69, 9.17) is 10.5 Å². The number of carbonyl (C=O) groups is 2. The summed E-state index contributed by atoms with van der Waals surface area (Å²) in [7, 11) is 1.68. The predicted molar refractivity (Wildman–Crippen MR) is 117 cm³/mol. The highest BCUT2D eigenvalue weighted by atomic mass is 32.2. The van der Waals surface area contributed by atoms with Crippen molar-refractivity contribution < 1.29 is 14.3 Å². The Kier molecular flexibility index (Phi) is 7.89. The summed E-state index contributed by atoms with van der Waals surface area (Å²) in [5.41, 5.74) is 9.54. The zero-order valence-electron chi connectivity index (χ0n) is 16.2. The molecule has 3 rings (SSSR count). The summed E-state index contributed by atoms with van der Waals surface area (Å²) in [6.07, 6.45) is 6.52. The standard InChI is InChI=1S/C13H12N2O2S.C9H12O/c1-2-4-9-8(5-3-6-10(9)14)7-11-12(16)15-13(17)18-11;1-3-8-4-6-9(10-2)7-5-8/h2-7H,14H2,1H3,(H,15,16,17);4-7H,3H2,1-2H3/b4-2-,11-7-;. The van der Waals surface area contributed by atoms with Gasteiger partial charge in [0.2, 0.25) is 0 Å². The number of nitrogen functional groups attached to an aromatic ring is 1. The average molecular weight is 397 g/mol. The minimum atomic E-state index is -0.362. The maximum absolute atomic E-state index is 11.5. The van der Waals surface area contributed by atoms with Crippen molar-refractivity contribution in [3.05, 3.63) is 70.1 Å². The number of ether oxygens (including phenoxy) is 1. The first-order valence-electron chi connectivity index (χ1n) is 8.87. The van der Waals surface area contributed by atoms with Gasteiger partial charge in [-0.25, -0.2) is 0 Å². The van der Waals surface area contributed by atoms with Crippen molar-refractivity contribution in [2.45, 2.75) is 20.3 Å². The molecule has 0 bridgehead atoms. The SMILES string of the molecule is C/C=C\c1c(N)cccc1/C=C1\SC(=O)NC1=O.CCc1ccc(OC)cc1. The van der Waals surface area contributed by atoms with Crippen molar-refractivity contribution in [2.75, 3.05) is 12.8 Å². The molecule has 0 radical (unpaired) electrons. The van der Waals surface area contributed by atoms with Crippen molar-refractivity contribution in [1.29, 1.82) is 0 Å². The summed E-state index contributed by atoms with van der Waals surface area (Å²) in [6.45, 7) is 4.03. The van der Waals surface area contributed by atoms with Crippen LogP contribution in [0, 0.1) is 0 Å². The Morgan fingerprint density at radius 3 is 2.39 bits per heavy atom. The van der Waals surface area contributed by atoms with E-state index in [1.165, 1.54) is 5.56 Å². The maximum Gasteiger partial charge on any atom is 0.290 e. The van der Waals surface area contributed by atoms with E-state index in [9.17, 15) is 9.59 Å². The van der Waals surface area contributed by atoms with Gasteiger partial charge in [0.15, 0.2) is 0 Å². The van der Waals surface area contributed by atoms with Gasteiger partial charge in [-0.3, -0.25) is 14.9 Å². The molecule has 0 spiro atoms. The number of imide groups is 1. The lowest BCUT2D eigenvalue weighted by molar-refractivity contribution is -0.115. The monoisotopic (exact) mass is 396 g/mol. The van der Waals surface area contributed by atoms with Crippen LogP contribution in [-0.2, 0) is 11.2 Å². The molecule has 146 valence electrons. The Morgan fingerprint density at radius 2 is 1.86 bits per heavy atom. The lowest BCUT2D eigenvalue weighted by Crippen LogP contribution is -2.17. The molecule has 1 aliphatic rings. The number of hydrogen-bond acceptors (Lipinski definition) is 5. The highest BCUT2D eigenvalue weighted by Crippen LogP contribution is 2.28. The largest absolute Gasteiger partial charge is 0.497 e. The molecule has 2 amide bonds. The molecule has 2 aromatic rings. The number of hydrogen-bond donors (Lipinski definition) is 2. The van der Waals surface area contributed by atoms with Gasteiger partial charge in [-0.2, -0.15) is 0 Å². The number of carbonyl (C=O) groups excluding carboxylic acids is 2. The number of nitrogens with one attached hydrogen (secondary N) is 1. The first-order valence-corrected chi connectivity index (χ1v) is 9.69. The van der Waals surface area contributed by atoms with Crippen LogP contribution >= 0.6 is 11.8 Å². The lowest BCUT2D eigenvalue weighted by atomic mass is 10.0. The van der Waals surface area contributed by atoms with E-state index in [0.717, 1.165) is 35.1 Å². The summed E-state index contributed by atoms with van der Waals surface area (Å²) in [5, 5.41) is 1.88. The number of benzene rings is 2. The molecule has 0 aromatic heterocycles. The van der Waals surface area contributed by atoms with Gasteiger partial charge in [-0.1, -0.05) is 43.3 Å². The molecule has 0 aliphatic carbocycles. The maximum atomic E-state index is 11.5. The smallest absolute Gasteiger partial charge is 0.290 e. The van der Waals surface area contributed by atoms with Crippen molar-refractivity contribution >= 4 is 40.7 Å². The fourth-order valence-electron chi connectivity index (χ4n) is 2.51. The van der Waals surface area contributed by atoms with E-state index >= 15 is 0 Å². The third-order valence-electron chi connectivity index (χ3n) is 4.00. The Hall–Kier alpha value is -2.99. The first kappa shape index (κ1) is 21.3. The van der Waals surface area contributed by atoms with Crippen molar-refractivity contribution in [1.82, 2.24) is 5.32 Å². The molecule has 3 N–H and O–H groups in total. The van der Waals surface area contributed by atoms with Crippen LogP contribution < -0.4 is 15.8 Å². The van der Waals surface area contributed by atoms with Gasteiger partial charge in [0.1, 0.15) is 5.75 Å². The molecule has 5 nitrogen and oxygen atoms in total. The molecule has 0 saturated carbocycles. The lowest BCUT2D eigenvalue weighted by Gasteiger charge is -2.05. The van der Waals surface area contributed by atoms with E-state index in [1.807, 2.05) is 43.3 Å². The Labute approximate surface area is 169 Å². The fraction of sp³-hybridized carbons (Fsp3) is 0.182. The van der Waals surface area contributed by atoms with E-state index in [0.29, 0.717) is 10.6 Å². The number of thioether (sulfide) groups is 1. The number of rotatable bonds is 4. The summed E-state index contributed by atoms with van der Waals surface area (Å²) >= 11 is 0.898. The van der Waals surface area contributed by atoms with Crippen LogP contribution in [-0.4, -0.2) is 18.3 Å². The number of aryl methyl sites for hydroxylation is 1. The molecule has 1 saturated heterocycles. The molecule has 6 heteroatoms. The van der Waals surface area contributed by atoms with Gasteiger partial charge >= 0.3 is 0 Å². The zero-order chi connectivity index (χ0) is 20.5. The molecule has 2 aromatic carbocycles. The Morgan fingerprint density at radius 1 is 1.14 bits per heavy atom. The van der Waals surface area contributed by atoms with Crippen molar-refractivity contribution in [2.24, 2.45) is 0 Å². The zero-order valence-corrected chi connectivity index (χ0v) is 17.0. The van der Waals surface area contributed by atoms with E-state index in [-0.39, 0.29) is 11.1 Å². The minimum Gasteiger partial charge on any atom is -0.497 e. The highest BCUT2D eigenvalue weighted by molar-refractivity contribution is 8.18. The Bertz CT molecular complexity index is 879. The molecule has 0 atom stereocenters. The predicted octanol–water partition coefficient (Wildman–Crippen LogP) is 4.88. The topological polar surface area (TPSA) is 81.4 Å². The van der Waals surface area contributed by atoms with Crippen LogP contribution in [0.3, 0.4) is 0 Å². The van der Waals surface area contributed by atoms with Gasteiger partial charge in [0.05, 0.1) is 12.0 Å². The molecule has 28 heavy (non-hydrogen) atoms. The summed E-state index contributed by atoms with van der Waals surface area (Å²) in [4.78, 5) is 22.9. The van der Waals surface area contributed by atoms with Gasteiger partial charge in [-0.05, 0) is 60.5 Å². The number of nitrogens with two attached hydrogens (primary N) is 1. The first-order chi connectivity index (χ1) is 13.5. The van der Waals surface area contributed by atoms with Gasteiger partial charge in [-0.15, -0.1) is 0 Å². The molecule has 1 fully saturated rings. The highest BCUT2D eigenvalue weighted by Gasteiger charge is 2.25. The molecule has 1 aliphatic heterocycles. The van der Waals surface area contributed by atoms with Crippen LogP contribution in [0.4, 0.5) is 10.5 Å². The van der Waals surface area contributed by atoms with Crippen molar-refractivity contribution in [3.63, 3.8) is 0 Å². The second-order valence-electron chi connectivity index (χ2n) is 5.90. The van der Waals surface area contributed by atoms with Crippen molar-refractivity contribution in [3.8, 4) is 5.75 Å². The van der Waals surface area contributed by atoms with Crippen LogP contribution in [0.2, 0.25) is 0 Å². The van der Waals surface area contributed by atoms with Gasteiger partial charge < -0.3 is 10.5 Å². The summed E-state index contributed by atoms with van der Waals surface area (Å²) < 4.78 is 5.01. The van der Waals surface area contributed by atoms with Crippen LogP contribution in [0.1, 0.15) is 30.5 Å². The van der Waals surface area contributed by atoms with Crippen LogP contribution in [0.25, 0.3) is 12.2 Å². The van der Waals surface area contributed by atoms with E-state index in [2.05, 4.69) is 24.4 Å². The third kappa shape index (κ3) is 5.76. The summed E-state index contributed by atoms with van der Waals surface area (Å²) in [5.74, 6) is 0.566. The van der Waals surface area contributed by atoms with E-state index in [1.54, 1.807) is 19.3 Å². The fourth-order valence-corrected chi connectivity index (χ4v) is 3.18. The van der Waals surface area contributed by atoms with Gasteiger partial charge in [0, 0.05) is 11.3 Å². The number of allylic oxidation sites excluding steroid dienone is 1.